The molecular formula is C25H26OP+. The molecule has 0 heterocycles. The highest BCUT2D eigenvalue weighted by atomic mass is 31.2. The fourth-order valence-electron chi connectivity index (χ4n) is 3.45. The van der Waals surface area contributed by atoms with Crippen LogP contribution in [0, 0.1) is 5.41 Å². The summed E-state index contributed by atoms with van der Waals surface area (Å²) < 4.78 is 0. The van der Waals surface area contributed by atoms with E-state index >= 15 is 0 Å². The van der Waals surface area contributed by atoms with Gasteiger partial charge in [-0.2, -0.15) is 0 Å². The van der Waals surface area contributed by atoms with Gasteiger partial charge in [-0.05, 0) is 36.4 Å². The largest absolute Gasteiger partial charge is 0.290 e. The molecule has 0 aliphatic heterocycles. The summed E-state index contributed by atoms with van der Waals surface area (Å²) in [4.78, 5) is 13.5. The first-order valence-electron chi connectivity index (χ1n) is 9.18. The number of carbonyl (C=O) groups excluding carboxylic acids is 1. The van der Waals surface area contributed by atoms with Gasteiger partial charge in [0.15, 0.2) is 0 Å². The van der Waals surface area contributed by atoms with Crippen molar-refractivity contribution >= 4 is 29.0 Å². The van der Waals surface area contributed by atoms with Crippen LogP contribution in [0.4, 0.5) is 0 Å². The Bertz CT molecular complexity index is 826. The Morgan fingerprint density at radius 1 is 0.667 bits per heavy atom. The maximum atomic E-state index is 13.5. The number of ketones is 1. The third-order valence-electron chi connectivity index (χ3n) is 4.78. The van der Waals surface area contributed by atoms with Crippen molar-refractivity contribution in [1.29, 1.82) is 0 Å². The van der Waals surface area contributed by atoms with Crippen LogP contribution >= 0.6 is 7.26 Å². The molecule has 0 aliphatic carbocycles. The number of Topliss-reactive ketones (excluding diaryl/α,β-unsaturated/α-hetero) is 1. The van der Waals surface area contributed by atoms with Crippen LogP contribution in [-0.4, -0.2) is 5.78 Å². The molecule has 3 aromatic carbocycles. The number of rotatable bonds is 5. The highest BCUT2D eigenvalue weighted by Crippen LogP contribution is 2.63. The van der Waals surface area contributed by atoms with Crippen molar-refractivity contribution in [3.05, 3.63) is 103 Å². The molecule has 1 nitrogen and oxygen atoms in total. The lowest BCUT2D eigenvalue weighted by atomic mass is 9.91. The predicted molar refractivity (Wildman–Crippen MR) is 119 cm³/mol. The number of carbonyl (C=O) groups is 1. The summed E-state index contributed by atoms with van der Waals surface area (Å²) in [5.41, 5.74) is -0.485. The fourth-order valence-corrected chi connectivity index (χ4v) is 7.78. The third kappa shape index (κ3) is 3.53. The zero-order valence-electron chi connectivity index (χ0n) is 16.2. The number of hydrogen-bond acceptors (Lipinski definition) is 1. The van der Waals surface area contributed by atoms with E-state index in [9.17, 15) is 4.79 Å². The normalized spacial score (nSPS) is 11.8. The summed E-state index contributed by atoms with van der Waals surface area (Å²) in [5, 5.41) is 4.18. The van der Waals surface area contributed by atoms with Gasteiger partial charge in [0.2, 0.25) is 5.78 Å². The van der Waals surface area contributed by atoms with Crippen LogP contribution in [0.2, 0.25) is 0 Å². The van der Waals surface area contributed by atoms with Gasteiger partial charge >= 0.3 is 0 Å². The molecule has 0 atom stereocenters. The zero-order valence-corrected chi connectivity index (χ0v) is 17.1. The molecule has 0 radical (unpaired) electrons. The van der Waals surface area contributed by atoms with Gasteiger partial charge in [0.25, 0.3) is 0 Å². The van der Waals surface area contributed by atoms with Crippen LogP contribution in [0.3, 0.4) is 0 Å². The SMILES string of the molecule is C=C(C(=O)C(C)(C)C)[P+](c1ccccc1)(c1ccccc1)c1ccccc1. The molecule has 27 heavy (non-hydrogen) atoms. The Kier molecular flexibility index (Phi) is 5.44. The van der Waals surface area contributed by atoms with Gasteiger partial charge in [0.1, 0.15) is 28.5 Å². The van der Waals surface area contributed by atoms with E-state index in [1.807, 2.05) is 75.4 Å². The molecule has 0 saturated carbocycles. The van der Waals surface area contributed by atoms with Crippen molar-refractivity contribution < 1.29 is 4.79 Å². The molecule has 0 fully saturated rings. The van der Waals surface area contributed by atoms with Crippen molar-refractivity contribution in [1.82, 2.24) is 0 Å². The number of hydrogen-bond donors (Lipinski definition) is 0. The molecule has 0 bridgehead atoms. The van der Waals surface area contributed by atoms with Crippen molar-refractivity contribution in [2.45, 2.75) is 20.8 Å². The van der Waals surface area contributed by atoms with Gasteiger partial charge in [-0.25, -0.2) is 0 Å². The van der Waals surface area contributed by atoms with Crippen LogP contribution in [-0.2, 0) is 4.79 Å². The maximum Gasteiger partial charge on any atom is 0.203 e. The summed E-state index contributed by atoms with van der Waals surface area (Å²) in [6, 6.07) is 31.1. The Hall–Kier alpha value is -2.50. The summed E-state index contributed by atoms with van der Waals surface area (Å²) in [6.45, 7) is 10.3. The lowest BCUT2D eigenvalue weighted by molar-refractivity contribution is -0.121. The number of benzene rings is 3. The second kappa shape index (κ2) is 7.62. The summed E-state index contributed by atoms with van der Waals surface area (Å²) in [5.74, 6) is 0.118. The van der Waals surface area contributed by atoms with Gasteiger partial charge in [0.05, 0.1) is 0 Å². The van der Waals surface area contributed by atoms with Crippen molar-refractivity contribution in [3.8, 4) is 0 Å². The topological polar surface area (TPSA) is 17.1 Å². The third-order valence-corrected chi connectivity index (χ3v) is 9.01. The smallest absolute Gasteiger partial charge is 0.203 e. The van der Waals surface area contributed by atoms with Crippen LogP contribution in [0.5, 0.6) is 0 Å². The first-order valence-corrected chi connectivity index (χ1v) is 11.0. The molecule has 0 amide bonds. The summed E-state index contributed by atoms with van der Waals surface area (Å²) in [6.07, 6.45) is 0. The highest BCUT2D eigenvalue weighted by Gasteiger charge is 2.52. The van der Waals surface area contributed by atoms with Crippen molar-refractivity contribution in [2.24, 2.45) is 5.41 Å². The summed E-state index contributed by atoms with van der Waals surface area (Å²) >= 11 is 0. The zero-order chi connectivity index (χ0) is 19.5. The monoisotopic (exact) mass is 373 g/mol. The van der Waals surface area contributed by atoms with E-state index in [-0.39, 0.29) is 5.78 Å². The van der Waals surface area contributed by atoms with Gasteiger partial charge < -0.3 is 0 Å². The van der Waals surface area contributed by atoms with Crippen LogP contribution in [0.15, 0.2) is 103 Å². The van der Waals surface area contributed by atoms with Gasteiger partial charge in [-0.15, -0.1) is 0 Å². The second-order valence-corrected chi connectivity index (χ2v) is 11.1. The van der Waals surface area contributed by atoms with Gasteiger partial charge in [-0.1, -0.05) is 81.9 Å². The average molecular weight is 373 g/mol. The van der Waals surface area contributed by atoms with Crippen molar-refractivity contribution in [2.75, 3.05) is 0 Å². The Morgan fingerprint density at radius 2 is 0.963 bits per heavy atom. The van der Waals surface area contributed by atoms with E-state index in [4.69, 9.17) is 0 Å². The molecule has 0 spiro atoms. The van der Waals surface area contributed by atoms with E-state index < -0.39 is 12.7 Å². The van der Waals surface area contributed by atoms with Gasteiger partial charge in [0, 0.05) is 5.41 Å². The minimum absolute atomic E-state index is 0.118. The highest BCUT2D eigenvalue weighted by molar-refractivity contribution is 7.99. The van der Waals surface area contributed by atoms with Crippen LogP contribution in [0.1, 0.15) is 20.8 Å². The molecule has 3 aromatic rings. The number of allylic oxidation sites excluding steroid dienone is 1. The predicted octanol–water partition coefficient (Wildman–Crippen LogP) is 5.11. The molecule has 2 heteroatoms. The van der Waals surface area contributed by atoms with E-state index in [0.29, 0.717) is 5.31 Å². The standard InChI is InChI=1S/C25H26OP/c1-20(24(26)25(2,3)4)27(21-14-8-5-9-15-21,22-16-10-6-11-17-22)23-18-12-7-13-19-23/h5-19H,1H2,2-4H3/q+1. The molecule has 0 N–H and O–H groups in total. The molecule has 3 rings (SSSR count). The van der Waals surface area contributed by atoms with Gasteiger partial charge in [-0.3, -0.25) is 4.79 Å². The molecule has 0 unspecified atom stereocenters. The Labute approximate surface area is 163 Å². The van der Waals surface area contributed by atoms with E-state index in [1.165, 1.54) is 0 Å². The minimum Gasteiger partial charge on any atom is -0.290 e. The first kappa shape index (κ1) is 19.3. The average Bonchev–Trinajstić information content (AvgIpc) is 2.70. The molecule has 0 aliphatic rings. The lowest BCUT2D eigenvalue weighted by Gasteiger charge is -2.30. The molecule has 0 saturated heterocycles. The maximum absolute atomic E-state index is 13.5. The van der Waals surface area contributed by atoms with E-state index in [1.54, 1.807) is 0 Å². The second-order valence-electron chi connectivity index (χ2n) is 7.70. The molecule has 136 valence electrons. The Balaban J connectivity index is 2.40. The molecular weight excluding hydrogens is 347 g/mol. The fraction of sp³-hybridized carbons (Fsp3) is 0.160. The Morgan fingerprint density at radius 3 is 1.22 bits per heavy atom. The van der Waals surface area contributed by atoms with Crippen LogP contribution < -0.4 is 15.9 Å². The first-order chi connectivity index (χ1) is 12.9. The molecule has 0 aromatic heterocycles. The van der Waals surface area contributed by atoms with Crippen LogP contribution in [0.25, 0.3) is 0 Å². The van der Waals surface area contributed by atoms with E-state index in [0.717, 1.165) is 15.9 Å². The van der Waals surface area contributed by atoms with E-state index in [2.05, 4.69) is 43.0 Å². The summed E-state index contributed by atoms with van der Waals surface area (Å²) in [7, 11) is -2.34. The quantitative estimate of drug-likeness (QED) is 0.449. The minimum atomic E-state index is -2.34. The lowest BCUT2D eigenvalue weighted by Crippen LogP contribution is -2.36. The van der Waals surface area contributed by atoms with Crippen molar-refractivity contribution in [3.63, 3.8) is 0 Å².